The van der Waals surface area contributed by atoms with E-state index in [1.54, 1.807) is 24.3 Å². The van der Waals surface area contributed by atoms with Gasteiger partial charge in [-0.05, 0) is 70.1 Å². The van der Waals surface area contributed by atoms with Gasteiger partial charge in [-0.15, -0.1) is 0 Å². The van der Waals surface area contributed by atoms with E-state index in [1.165, 1.54) is 25.9 Å². The highest BCUT2D eigenvalue weighted by atomic mass is 35.5. The van der Waals surface area contributed by atoms with Crippen molar-refractivity contribution in [2.24, 2.45) is 0 Å². The van der Waals surface area contributed by atoms with Crippen LogP contribution in [-0.2, 0) is 11.0 Å². The van der Waals surface area contributed by atoms with E-state index in [0.29, 0.717) is 30.0 Å². The van der Waals surface area contributed by atoms with Crippen LogP contribution in [0.5, 0.6) is 0 Å². The van der Waals surface area contributed by atoms with Crippen molar-refractivity contribution in [1.29, 1.82) is 0 Å². The molecule has 0 bridgehead atoms. The Bertz CT molecular complexity index is 2510. The molecule has 0 radical (unpaired) electrons. The van der Waals surface area contributed by atoms with Gasteiger partial charge in [0.15, 0.2) is 5.65 Å². The van der Waals surface area contributed by atoms with Crippen LogP contribution in [0.4, 0.5) is 15.0 Å². The lowest BCUT2D eigenvalue weighted by molar-refractivity contribution is 0.136. The smallest absolute Gasteiger partial charge is 0.407 e. The third kappa shape index (κ3) is 7.42. The Kier molecular flexibility index (Phi) is 11.3. The second-order valence-electron chi connectivity index (χ2n) is 16.5. The molecule has 1 atom stereocenters. The number of nitrogens with zero attached hydrogens (tertiary/aromatic N) is 5. The predicted octanol–water partition coefficient (Wildman–Crippen LogP) is 8.94. The summed E-state index contributed by atoms with van der Waals surface area (Å²) in [7, 11) is -2.86. The molecule has 7 rings (SSSR count). The number of carbonyl (C=O) groups is 1. The minimum absolute atomic E-state index is 0.0365. The number of carboxylic acid groups (broad SMARTS) is 1. The number of hydrogen-bond acceptors (Lipinski definition) is 6. The maximum Gasteiger partial charge on any atom is 0.407 e. The van der Waals surface area contributed by atoms with Gasteiger partial charge in [-0.3, -0.25) is 0 Å². The zero-order valence-electron chi connectivity index (χ0n) is 34.0. The van der Waals surface area contributed by atoms with Gasteiger partial charge in [-0.2, -0.15) is 4.98 Å². The standard InChI is InChI=1S/C46H49ClFN5O4Si/c1-29(2)36-25-32(28-57-58(46(5,6)7,33-16-10-8-11-17-33)34-18-12-9-13-19-34)24-30(3)41(36)53-43-37(26-38(47)40(49-43)35-20-14-15-21-39(35)48)42(50-44(53)54)52-23-22-51(45(55)56)27-31(52)4/h8-21,24-26,29,31H,22-23,27-28H2,1-7H3,(H,55,56)/t31-/m0/s1. The summed E-state index contributed by atoms with van der Waals surface area (Å²) >= 11 is 6.93. The average Bonchev–Trinajstić information content (AvgIpc) is 3.18. The third-order valence-corrected chi connectivity index (χ3v) is 16.5. The fraction of sp³-hybridized carbons (Fsp3) is 0.304. The highest BCUT2D eigenvalue weighted by Crippen LogP contribution is 2.39. The molecule has 2 aromatic heterocycles. The summed E-state index contributed by atoms with van der Waals surface area (Å²) in [6, 6.07) is 32.9. The SMILES string of the molecule is Cc1cc(CO[Si](c2ccccc2)(c2ccccc2)C(C)(C)C)cc(C(C)C)c1-n1c(=O)nc(N2CCN(C(=O)O)C[C@@H]2C)c2cc(Cl)c(-c3ccccc3F)nc21. The van der Waals surface area contributed by atoms with Crippen molar-refractivity contribution >= 4 is 53.2 Å². The normalized spacial score (nSPS) is 15.0. The number of aromatic nitrogens is 3. The van der Waals surface area contributed by atoms with Gasteiger partial charge < -0.3 is 19.3 Å². The van der Waals surface area contributed by atoms with Crippen molar-refractivity contribution in [1.82, 2.24) is 19.4 Å². The van der Waals surface area contributed by atoms with Crippen LogP contribution in [0.15, 0.2) is 108 Å². The van der Waals surface area contributed by atoms with Crippen molar-refractivity contribution in [2.75, 3.05) is 24.5 Å². The molecule has 0 spiro atoms. The number of benzene rings is 4. The Balaban J connectivity index is 1.41. The van der Waals surface area contributed by atoms with Crippen molar-refractivity contribution in [3.05, 3.63) is 141 Å². The molecule has 0 aliphatic carbocycles. The number of rotatable bonds is 9. The first-order valence-corrected chi connectivity index (χ1v) is 21.9. The van der Waals surface area contributed by atoms with Gasteiger partial charge in [0.2, 0.25) is 0 Å². The van der Waals surface area contributed by atoms with Gasteiger partial charge in [-0.1, -0.05) is 131 Å². The molecule has 0 unspecified atom stereocenters. The number of hydrogen-bond donors (Lipinski definition) is 1. The lowest BCUT2D eigenvalue weighted by Crippen LogP contribution is -2.66. The summed E-state index contributed by atoms with van der Waals surface area (Å²) in [6.07, 6.45) is -1.00. The van der Waals surface area contributed by atoms with Crippen molar-refractivity contribution in [2.45, 2.75) is 72.1 Å². The van der Waals surface area contributed by atoms with Crippen LogP contribution in [0.25, 0.3) is 28.0 Å². The third-order valence-electron chi connectivity index (χ3n) is 11.2. The Hall–Kier alpha value is -5.36. The second kappa shape index (κ2) is 16.1. The minimum atomic E-state index is -2.86. The van der Waals surface area contributed by atoms with E-state index in [9.17, 15) is 14.7 Å². The van der Waals surface area contributed by atoms with Gasteiger partial charge in [0, 0.05) is 31.2 Å². The fourth-order valence-corrected chi connectivity index (χ4v) is 13.3. The van der Waals surface area contributed by atoms with Crippen LogP contribution in [-0.4, -0.2) is 64.6 Å². The second-order valence-corrected chi connectivity index (χ2v) is 21.2. The molecule has 12 heteroatoms. The summed E-state index contributed by atoms with van der Waals surface area (Å²) in [5.74, 6) is -0.185. The molecule has 1 fully saturated rings. The number of fused-ring (bicyclic) bond motifs is 1. The Morgan fingerprint density at radius 3 is 2.14 bits per heavy atom. The van der Waals surface area contributed by atoms with E-state index < -0.39 is 25.9 Å². The average molecular weight is 818 g/mol. The molecule has 0 saturated carbocycles. The molecule has 3 heterocycles. The molecule has 1 N–H and O–H groups in total. The van der Waals surface area contributed by atoms with E-state index in [4.69, 9.17) is 21.0 Å². The molecule has 1 aliphatic rings. The molecular weight excluding hydrogens is 769 g/mol. The van der Waals surface area contributed by atoms with Crippen molar-refractivity contribution < 1.29 is 18.7 Å². The summed E-state index contributed by atoms with van der Waals surface area (Å²) in [5.41, 5.74) is 3.42. The number of aryl methyl sites for hydroxylation is 1. The zero-order valence-corrected chi connectivity index (χ0v) is 35.7. The zero-order chi connectivity index (χ0) is 41.5. The monoisotopic (exact) mass is 817 g/mol. The Morgan fingerprint density at radius 1 is 0.948 bits per heavy atom. The number of amides is 1. The summed E-state index contributed by atoms with van der Waals surface area (Å²) in [6.45, 7) is 15.9. The largest absolute Gasteiger partial charge is 0.465 e. The molecule has 1 aliphatic heterocycles. The molecule has 300 valence electrons. The Morgan fingerprint density at radius 2 is 1.57 bits per heavy atom. The maximum absolute atomic E-state index is 15.4. The van der Waals surface area contributed by atoms with Crippen LogP contribution >= 0.6 is 11.6 Å². The van der Waals surface area contributed by atoms with Crippen LogP contribution < -0.4 is 21.0 Å². The van der Waals surface area contributed by atoms with Crippen LogP contribution in [0, 0.1) is 12.7 Å². The van der Waals surface area contributed by atoms with Gasteiger partial charge in [0.1, 0.15) is 11.6 Å². The van der Waals surface area contributed by atoms with Crippen LogP contribution in [0.3, 0.4) is 0 Å². The number of pyridine rings is 1. The molecule has 9 nitrogen and oxygen atoms in total. The lowest BCUT2D eigenvalue weighted by atomic mass is 9.95. The minimum Gasteiger partial charge on any atom is -0.465 e. The summed E-state index contributed by atoms with van der Waals surface area (Å²) in [4.78, 5) is 39.4. The first-order valence-electron chi connectivity index (χ1n) is 19.6. The first-order chi connectivity index (χ1) is 27.6. The maximum atomic E-state index is 15.4. The van der Waals surface area contributed by atoms with Crippen LogP contribution in [0.2, 0.25) is 10.1 Å². The topological polar surface area (TPSA) is 101 Å². The summed E-state index contributed by atoms with van der Waals surface area (Å²) in [5, 5.41) is 12.5. The molecule has 1 amide bonds. The highest BCUT2D eigenvalue weighted by molar-refractivity contribution is 6.99. The van der Waals surface area contributed by atoms with Gasteiger partial charge in [0.25, 0.3) is 8.32 Å². The van der Waals surface area contributed by atoms with E-state index in [1.807, 2.05) is 30.9 Å². The van der Waals surface area contributed by atoms with Gasteiger partial charge in [0.05, 0.1) is 28.4 Å². The van der Waals surface area contributed by atoms with E-state index in [-0.39, 0.29) is 52.0 Å². The number of anilines is 1. The first kappa shape index (κ1) is 40.8. The van der Waals surface area contributed by atoms with E-state index in [0.717, 1.165) is 16.7 Å². The summed E-state index contributed by atoms with van der Waals surface area (Å²) < 4.78 is 24.2. The van der Waals surface area contributed by atoms with Crippen LogP contribution in [0.1, 0.15) is 64.2 Å². The van der Waals surface area contributed by atoms with Gasteiger partial charge in [-0.25, -0.2) is 23.5 Å². The quantitative estimate of drug-likeness (QED) is 0.146. The number of piperazine rings is 1. The molecule has 4 aromatic carbocycles. The van der Waals surface area contributed by atoms with Crippen molar-refractivity contribution in [3.8, 4) is 16.9 Å². The molecule has 6 aromatic rings. The molecule has 1 saturated heterocycles. The van der Waals surface area contributed by atoms with Gasteiger partial charge >= 0.3 is 11.8 Å². The lowest BCUT2D eigenvalue weighted by Gasteiger charge is -2.43. The Labute approximate surface area is 344 Å². The molecule has 58 heavy (non-hydrogen) atoms. The molecular formula is C46H49ClFN5O4Si. The fourth-order valence-electron chi connectivity index (χ4n) is 8.48. The van der Waals surface area contributed by atoms with Crippen molar-refractivity contribution in [3.63, 3.8) is 0 Å². The highest BCUT2D eigenvalue weighted by Gasteiger charge is 2.50. The predicted molar refractivity (Wildman–Crippen MR) is 233 cm³/mol. The van der Waals surface area contributed by atoms with E-state index in [2.05, 4.69) is 100 Å². The number of halogens is 2. The van der Waals surface area contributed by atoms with E-state index >= 15 is 4.39 Å².